The maximum absolute atomic E-state index is 13.0. The first-order valence-electron chi connectivity index (χ1n) is 10.6. The van der Waals surface area contributed by atoms with Crippen LogP contribution in [0.15, 0.2) is 42.5 Å². The predicted octanol–water partition coefficient (Wildman–Crippen LogP) is 5.77. The molecule has 1 aromatic heterocycles. The highest BCUT2D eigenvalue weighted by atomic mass is 35.5. The first-order valence-corrected chi connectivity index (χ1v) is 11.3. The molecule has 2 aromatic carbocycles. The van der Waals surface area contributed by atoms with Gasteiger partial charge in [0.2, 0.25) is 0 Å². The van der Waals surface area contributed by atoms with Crippen molar-refractivity contribution in [1.82, 2.24) is 15.1 Å². The van der Waals surface area contributed by atoms with Gasteiger partial charge in [-0.3, -0.25) is 4.79 Å². The minimum absolute atomic E-state index is 0.252. The van der Waals surface area contributed by atoms with Crippen LogP contribution in [0.5, 0.6) is 0 Å². The fourth-order valence-electron chi connectivity index (χ4n) is 3.22. The fraction of sp³-hybridized carbons (Fsp3) is 0.308. The Kier molecular flexibility index (Phi) is 6.95. The van der Waals surface area contributed by atoms with Crippen LogP contribution in [-0.4, -0.2) is 26.8 Å². The molecular weight excluding hydrogens is 455 g/mol. The van der Waals surface area contributed by atoms with Crippen molar-refractivity contribution in [2.24, 2.45) is 5.73 Å². The van der Waals surface area contributed by atoms with E-state index in [2.05, 4.69) is 22.3 Å². The molecule has 0 spiro atoms. The van der Waals surface area contributed by atoms with Crippen molar-refractivity contribution in [3.8, 4) is 28.8 Å². The molecule has 0 atom stereocenters. The summed E-state index contributed by atoms with van der Waals surface area (Å²) < 4.78 is 1.70. The van der Waals surface area contributed by atoms with Crippen molar-refractivity contribution in [2.75, 3.05) is 0 Å². The SMILES string of the molecule is Cc1c(C(=O)NC(C)(C)C)nn(-c2ccc(C#CC(C)(C)N)cc2Cl)c1-c1ccc(Cl)cc1. The van der Waals surface area contributed by atoms with Crippen LogP contribution in [-0.2, 0) is 0 Å². The van der Waals surface area contributed by atoms with Crippen molar-refractivity contribution in [2.45, 2.75) is 52.6 Å². The van der Waals surface area contributed by atoms with E-state index in [1.807, 2.05) is 65.8 Å². The molecule has 0 bridgehead atoms. The Labute approximate surface area is 205 Å². The molecule has 3 N–H and O–H groups in total. The summed E-state index contributed by atoms with van der Waals surface area (Å²) in [6, 6.07) is 12.9. The van der Waals surface area contributed by atoms with Crippen molar-refractivity contribution in [1.29, 1.82) is 0 Å². The maximum atomic E-state index is 13.0. The van der Waals surface area contributed by atoms with Gasteiger partial charge in [0.05, 0.1) is 21.9 Å². The van der Waals surface area contributed by atoms with Gasteiger partial charge >= 0.3 is 0 Å². The molecule has 0 aliphatic heterocycles. The Balaban J connectivity index is 2.18. The zero-order chi connectivity index (χ0) is 24.6. The maximum Gasteiger partial charge on any atom is 0.272 e. The van der Waals surface area contributed by atoms with Gasteiger partial charge in [0.25, 0.3) is 5.91 Å². The van der Waals surface area contributed by atoms with E-state index in [0.29, 0.717) is 21.4 Å². The average Bonchev–Trinajstić information content (AvgIpc) is 3.02. The first-order chi connectivity index (χ1) is 15.2. The van der Waals surface area contributed by atoms with Crippen LogP contribution in [0.3, 0.4) is 0 Å². The van der Waals surface area contributed by atoms with Gasteiger partial charge < -0.3 is 11.1 Å². The van der Waals surface area contributed by atoms with E-state index in [1.54, 1.807) is 22.9 Å². The molecule has 0 saturated heterocycles. The number of carbonyl (C=O) groups excluding carboxylic acids is 1. The largest absolute Gasteiger partial charge is 0.346 e. The second-order valence-electron chi connectivity index (χ2n) is 9.58. The van der Waals surface area contributed by atoms with E-state index >= 15 is 0 Å². The monoisotopic (exact) mass is 482 g/mol. The van der Waals surface area contributed by atoms with E-state index < -0.39 is 11.1 Å². The molecule has 3 aromatic rings. The third-order valence-electron chi connectivity index (χ3n) is 4.65. The number of amides is 1. The molecule has 1 amide bonds. The number of halogens is 2. The van der Waals surface area contributed by atoms with Crippen molar-refractivity contribution >= 4 is 29.1 Å². The lowest BCUT2D eigenvalue weighted by atomic mass is 10.0. The third kappa shape index (κ3) is 6.17. The molecule has 0 aliphatic carbocycles. The second-order valence-corrected chi connectivity index (χ2v) is 10.4. The van der Waals surface area contributed by atoms with E-state index in [4.69, 9.17) is 28.9 Å². The van der Waals surface area contributed by atoms with Crippen molar-refractivity contribution < 1.29 is 4.79 Å². The van der Waals surface area contributed by atoms with Crippen LogP contribution in [0.4, 0.5) is 0 Å². The van der Waals surface area contributed by atoms with Gasteiger partial charge in [-0.1, -0.05) is 47.2 Å². The zero-order valence-electron chi connectivity index (χ0n) is 19.7. The summed E-state index contributed by atoms with van der Waals surface area (Å²) in [6.45, 7) is 11.3. The number of nitrogens with one attached hydrogen (secondary N) is 1. The van der Waals surface area contributed by atoms with Gasteiger partial charge in [-0.25, -0.2) is 4.68 Å². The molecule has 3 rings (SSSR count). The standard InChI is InChI=1S/C26H28Cl2N4O/c1-16-22(24(33)30-25(2,3)4)31-32(23(16)18-8-10-19(27)11-9-18)21-12-7-17(15-20(21)28)13-14-26(5,6)29/h7-12,15H,29H2,1-6H3,(H,30,33). The highest BCUT2D eigenvalue weighted by Gasteiger charge is 2.25. The third-order valence-corrected chi connectivity index (χ3v) is 5.20. The fourth-order valence-corrected chi connectivity index (χ4v) is 3.61. The quantitative estimate of drug-likeness (QED) is 0.465. The van der Waals surface area contributed by atoms with E-state index in [1.165, 1.54) is 0 Å². The number of nitrogens with zero attached hydrogens (tertiary/aromatic N) is 2. The summed E-state index contributed by atoms with van der Waals surface area (Å²) in [5, 5.41) is 8.73. The van der Waals surface area contributed by atoms with E-state index in [0.717, 1.165) is 22.4 Å². The Hall–Kier alpha value is -2.78. The van der Waals surface area contributed by atoms with Crippen LogP contribution in [0, 0.1) is 18.8 Å². The Morgan fingerprint density at radius 2 is 1.70 bits per heavy atom. The Bertz CT molecular complexity index is 1250. The van der Waals surface area contributed by atoms with Crippen molar-refractivity contribution in [3.05, 3.63) is 69.3 Å². The summed E-state index contributed by atoms with van der Waals surface area (Å²) in [4.78, 5) is 13.0. The molecular formula is C26H28Cl2N4O. The minimum Gasteiger partial charge on any atom is -0.346 e. The molecule has 7 heteroatoms. The molecule has 0 fully saturated rings. The second kappa shape index (κ2) is 9.23. The van der Waals surface area contributed by atoms with Crippen LogP contribution in [0.2, 0.25) is 10.0 Å². The number of nitrogens with two attached hydrogens (primary N) is 1. The normalized spacial score (nSPS) is 11.7. The molecule has 0 unspecified atom stereocenters. The molecule has 5 nitrogen and oxygen atoms in total. The zero-order valence-corrected chi connectivity index (χ0v) is 21.2. The number of carbonyl (C=O) groups is 1. The Morgan fingerprint density at radius 1 is 1.06 bits per heavy atom. The highest BCUT2D eigenvalue weighted by Crippen LogP contribution is 2.32. The lowest BCUT2D eigenvalue weighted by molar-refractivity contribution is 0.0913. The van der Waals surface area contributed by atoms with Gasteiger partial charge in [-0.2, -0.15) is 5.10 Å². The van der Waals surface area contributed by atoms with Gasteiger partial charge in [-0.05, 0) is 71.9 Å². The summed E-state index contributed by atoms with van der Waals surface area (Å²) in [7, 11) is 0. The van der Waals surface area contributed by atoms with Crippen molar-refractivity contribution in [3.63, 3.8) is 0 Å². The smallest absolute Gasteiger partial charge is 0.272 e. The molecule has 0 radical (unpaired) electrons. The topological polar surface area (TPSA) is 72.9 Å². The van der Waals surface area contributed by atoms with Crippen LogP contribution >= 0.6 is 23.2 Å². The molecule has 0 saturated carbocycles. The van der Waals surface area contributed by atoms with Gasteiger partial charge in [0.1, 0.15) is 0 Å². The van der Waals surface area contributed by atoms with E-state index in [9.17, 15) is 4.79 Å². The number of benzene rings is 2. The lowest BCUT2D eigenvalue weighted by Crippen LogP contribution is -2.41. The summed E-state index contributed by atoms with van der Waals surface area (Å²) in [5.74, 6) is 5.80. The number of aromatic nitrogens is 2. The van der Waals surface area contributed by atoms with Gasteiger partial charge in [-0.15, -0.1) is 0 Å². The average molecular weight is 483 g/mol. The summed E-state index contributed by atoms with van der Waals surface area (Å²) in [6.07, 6.45) is 0. The summed E-state index contributed by atoms with van der Waals surface area (Å²) >= 11 is 12.8. The minimum atomic E-state index is -0.610. The Morgan fingerprint density at radius 3 is 2.24 bits per heavy atom. The van der Waals surface area contributed by atoms with E-state index in [-0.39, 0.29) is 5.91 Å². The number of hydrogen-bond donors (Lipinski definition) is 2. The van der Waals surface area contributed by atoms with Gasteiger partial charge in [0.15, 0.2) is 5.69 Å². The first kappa shape index (κ1) is 24.9. The molecule has 1 heterocycles. The lowest BCUT2D eigenvalue weighted by Gasteiger charge is -2.19. The van der Waals surface area contributed by atoms with Crippen LogP contribution in [0.1, 0.15) is 56.2 Å². The molecule has 33 heavy (non-hydrogen) atoms. The molecule has 0 aliphatic rings. The van der Waals surface area contributed by atoms with Crippen LogP contribution in [0.25, 0.3) is 16.9 Å². The predicted molar refractivity (Wildman–Crippen MR) is 136 cm³/mol. The summed E-state index contributed by atoms with van der Waals surface area (Å²) in [5.41, 5.74) is 9.02. The number of rotatable bonds is 3. The highest BCUT2D eigenvalue weighted by molar-refractivity contribution is 6.32. The van der Waals surface area contributed by atoms with Crippen LogP contribution < -0.4 is 11.1 Å². The van der Waals surface area contributed by atoms with Gasteiger partial charge in [0, 0.05) is 27.3 Å². The number of hydrogen-bond acceptors (Lipinski definition) is 3. The molecule has 172 valence electrons.